The Hall–Kier alpha value is -3.06. The van der Waals surface area contributed by atoms with Gasteiger partial charge in [-0.15, -0.1) is 0 Å². The molecule has 1 aliphatic heterocycles. The third-order valence-corrected chi connectivity index (χ3v) is 6.96. The number of methoxy groups -OCH3 is 2. The number of esters is 1. The summed E-state index contributed by atoms with van der Waals surface area (Å²) in [7, 11) is 3.13. The summed E-state index contributed by atoms with van der Waals surface area (Å²) in [6, 6.07) is 13.5. The summed E-state index contributed by atoms with van der Waals surface area (Å²) in [6.45, 7) is 2.11. The van der Waals surface area contributed by atoms with Crippen LogP contribution in [-0.4, -0.2) is 32.6 Å². The van der Waals surface area contributed by atoms with E-state index in [0.29, 0.717) is 41.2 Å². The minimum Gasteiger partial charge on any atom is -0.493 e. The predicted octanol–water partition coefficient (Wildman–Crippen LogP) is 5.22. The number of carbonyl (C=O) groups excluding carboxylic acids is 2. The first-order valence-electron chi connectivity index (χ1n) is 11.3. The monoisotopic (exact) mass is 525 g/mol. The lowest BCUT2D eigenvalue weighted by Crippen LogP contribution is -2.34. The quantitative estimate of drug-likeness (QED) is 0.499. The molecule has 0 bridgehead atoms. The molecule has 2 aliphatic rings. The fourth-order valence-corrected chi connectivity index (χ4v) is 5.19. The van der Waals surface area contributed by atoms with Gasteiger partial charge in [0.1, 0.15) is 0 Å². The molecule has 0 saturated carbocycles. The average molecular weight is 526 g/mol. The molecule has 178 valence electrons. The van der Waals surface area contributed by atoms with Crippen molar-refractivity contribution in [2.75, 3.05) is 20.8 Å². The Labute approximate surface area is 208 Å². The standard InChI is InChI=1S/C27H28BrNO5/c1-16-24(27(31)34-13-12-17-8-5-4-6-9-17)25(26-20(29-16)10-7-11-21(26)30)18-14-22(32-2)23(33-3)15-19(18)28/h4-6,8-9,14-15,25,29H,7,10-13H2,1-3H3/t25-/m1/s1. The van der Waals surface area contributed by atoms with E-state index in [1.807, 2.05) is 43.3 Å². The van der Waals surface area contributed by atoms with Gasteiger partial charge in [-0.1, -0.05) is 46.3 Å². The van der Waals surface area contributed by atoms with E-state index in [1.54, 1.807) is 20.3 Å². The second-order valence-corrected chi connectivity index (χ2v) is 9.22. The van der Waals surface area contributed by atoms with Crippen molar-refractivity contribution < 1.29 is 23.8 Å². The van der Waals surface area contributed by atoms with Crippen LogP contribution < -0.4 is 14.8 Å². The molecule has 0 saturated heterocycles. The molecule has 0 amide bonds. The smallest absolute Gasteiger partial charge is 0.336 e. The Morgan fingerprint density at radius 2 is 1.79 bits per heavy atom. The maximum Gasteiger partial charge on any atom is 0.336 e. The van der Waals surface area contributed by atoms with Gasteiger partial charge in [0.15, 0.2) is 17.3 Å². The number of hydrogen-bond acceptors (Lipinski definition) is 6. The van der Waals surface area contributed by atoms with Gasteiger partial charge in [-0.05, 0) is 43.0 Å². The number of allylic oxidation sites excluding steroid dienone is 3. The zero-order valence-corrected chi connectivity index (χ0v) is 21.2. The number of carbonyl (C=O) groups is 2. The lowest BCUT2D eigenvalue weighted by Gasteiger charge is -2.34. The normalized spacial score (nSPS) is 17.8. The third-order valence-electron chi connectivity index (χ3n) is 6.28. The molecule has 6 nitrogen and oxygen atoms in total. The lowest BCUT2D eigenvalue weighted by atomic mass is 9.75. The summed E-state index contributed by atoms with van der Waals surface area (Å²) in [4.78, 5) is 26.6. The number of halogens is 1. The number of Topliss-reactive ketones (excluding diaryl/α,β-unsaturated/α-hetero) is 1. The van der Waals surface area contributed by atoms with Crippen LogP contribution in [0, 0.1) is 0 Å². The highest BCUT2D eigenvalue weighted by atomic mass is 79.9. The minimum atomic E-state index is -0.567. The molecule has 4 rings (SSSR count). The topological polar surface area (TPSA) is 73.9 Å². The highest BCUT2D eigenvalue weighted by Crippen LogP contribution is 2.47. The fraction of sp³-hybridized carbons (Fsp3) is 0.333. The highest BCUT2D eigenvalue weighted by molar-refractivity contribution is 9.10. The molecule has 1 atom stereocenters. The van der Waals surface area contributed by atoms with Gasteiger partial charge >= 0.3 is 5.97 Å². The molecule has 1 N–H and O–H groups in total. The van der Waals surface area contributed by atoms with Gasteiger partial charge in [0.05, 0.1) is 26.4 Å². The molecular weight excluding hydrogens is 498 g/mol. The van der Waals surface area contributed by atoms with Crippen molar-refractivity contribution in [3.8, 4) is 11.5 Å². The Morgan fingerprint density at radius 3 is 2.50 bits per heavy atom. The molecule has 0 aromatic heterocycles. The van der Waals surface area contributed by atoms with Crippen LogP contribution in [0.15, 0.2) is 69.5 Å². The number of ether oxygens (including phenoxy) is 3. The number of dihydropyridines is 1. The number of rotatable bonds is 7. The molecule has 0 fully saturated rings. The summed E-state index contributed by atoms with van der Waals surface area (Å²) in [6.07, 6.45) is 2.62. The number of benzene rings is 2. The first-order valence-corrected chi connectivity index (χ1v) is 12.1. The molecular formula is C27H28BrNO5. The third kappa shape index (κ3) is 4.75. The van der Waals surface area contributed by atoms with Crippen molar-refractivity contribution in [3.63, 3.8) is 0 Å². The van der Waals surface area contributed by atoms with E-state index in [4.69, 9.17) is 14.2 Å². The molecule has 1 heterocycles. The van der Waals surface area contributed by atoms with Crippen LogP contribution in [0.3, 0.4) is 0 Å². The van der Waals surface area contributed by atoms with Crippen LogP contribution >= 0.6 is 15.9 Å². The largest absolute Gasteiger partial charge is 0.493 e. The van der Waals surface area contributed by atoms with Crippen molar-refractivity contribution in [1.82, 2.24) is 5.32 Å². The molecule has 0 unspecified atom stereocenters. The fourth-order valence-electron chi connectivity index (χ4n) is 4.64. The lowest BCUT2D eigenvalue weighted by molar-refractivity contribution is -0.139. The number of nitrogens with one attached hydrogen (secondary N) is 1. The zero-order valence-electron chi connectivity index (χ0n) is 19.6. The van der Waals surface area contributed by atoms with Crippen LogP contribution in [0.1, 0.15) is 43.2 Å². The van der Waals surface area contributed by atoms with Gasteiger partial charge < -0.3 is 19.5 Å². The summed E-state index contributed by atoms with van der Waals surface area (Å²) in [5.74, 6) is 0.130. The molecule has 0 spiro atoms. The Morgan fingerprint density at radius 1 is 1.09 bits per heavy atom. The van der Waals surface area contributed by atoms with Crippen molar-refractivity contribution in [2.45, 2.75) is 38.5 Å². The van der Waals surface area contributed by atoms with Crippen molar-refractivity contribution in [3.05, 3.63) is 80.6 Å². The first kappa shape index (κ1) is 24.1. The van der Waals surface area contributed by atoms with E-state index in [1.165, 1.54) is 0 Å². The molecule has 0 radical (unpaired) electrons. The maximum atomic E-state index is 13.4. The summed E-state index contributed by atoms with van der Waals surface area (Å²) < 4.78 is 17.4. The van der Waals surface area contributed by atoms with Crippen LogP contribution in [0.25, 0.3) is 0 Å². The van der Waals surface area contributed by atoms with E-state index in [9.17, 15) is 9.59 Å². The maximum absolute atomic E-state index is 13.4. The second kappa shape index (κ2) is 10.5. The predicted molar refractivity (Wildman–Crippen MR) is 133 cm³/mol. The number of hydrogen-bond donors (Lipinski definition) is 1. The Balaban J connectivity index is 1.72. The zero-order chi connectivity index (χ0) is 24.2. The SMILES string of the molecule is COc1cc(Br)c([C@@H]2C(C(=O)OCCc3ccccc3)=C(C)NC3=C2C(=O)CCC3)cc1OC. The summed E-state index contributed by atoms with van der Waals surface area (Å²) in [5, 5.41) is 3.32. The van der Waals surface area contributed by atoms with Gasteiger partial charge in [0, 0.05) is 40.2 Å². The Kier molecular flexibility index (Phi) is 7.41. The van der Waals surface area contributed by atoms with E-state index < -0.39 is 11.9 Å². The van der Waals surface area contributed by atoms with Crippen LogP contribution in [0.5, 0.6) is 11.5 Å². The molecule has 7 heteroatoms. The van der Waals surface area contributed by atoms with Crippen molar-refractivity contribution in [2.24, 2.45) is 0 Å². The average Bonchev–Trinajstić information content (AvgIpc) is 2.83. The first-order chi connectivity index (χ1) is 16.4. The summed E-state index contributed by atoms with van der Waals surface area (Å²) in [5.41, 5.74) is 4.49. The summed E-state index contributed by atoms with van der Waals surface area (Å²) >= 11 is 3.64. The van der Waals surface area contributed by atoms with E-state index in [2.05, 4.69) is 21.2 Å². The van der Waals surface area contributed by atoms with Gasteiger partial charge in [0.25, 0.3) is 0 Å². The molecule has 1 aliphatic carbocycles. The molecule has 34 heavy (non-hydrogen) atoms. The Bertz CT molecular complexity index is 1170. The molecule has 2 aromatic carbocycles. The van der Waals surface area contributed by atoms with Gasteiger partial charge in [-0.3, -0.25) is 4.79 Å². The van der Waals surface area contributed by atoms with Gasteiger partial charge in [-0.2, -0.15) is 0 Å². The van der Waals surface area contributed by atoms with E-state index >= 15 is 0 Å². The second-order valence-electron chi connectivity index (χ2n) is 8.37. The highest BCUT2D eigenvalue weighted by Gasteiger charge is 2.40. The molecule has 2 aromatic rings. The van der Waals surface area contributed by atoms with Gasteiger partial charge in [-0.25, -0.2) is 4.79 Å². The van der Waals surface area contributed by atoms with Crippen molar-refractivity contribution >= 4 is 27.7 Å². The van der Waals surface area contributed by atoms with E-state index in [-0.39, 0.29) is 12.4 Å². The van der Waals surface area contributed by atoms with Crippen LogP contribution in [0.2, 0.25) is 0 Å². The minimum absolute atomic E-state index is 0.0440. The van der Waals surface area contributed by atoms with E-state index in [0.717, 1.165) is 34.1 Å². The van der Waals surface area contributed by atoms with Crippen molar-refractivity contribution in [1.29, 1.82) is 0 Å². The van der Waals surface area contributed by atoms with Crippen LogP contribution in [-0.2, 0) is 20.7 Å². The van der Waals surface area contributed by atoms with Gasteiger partial charge in [0.2, 0.25) is 0 Å². The van der Waals surface area contributed by atoms with Crippen LogP contribution in [0.4, 0.5) is 0 Å². The number of ketones is 1.